The number of hydrogen-bond donors (Lipinski definition) is 2. The predicted molar refractivity (Wildman–Crippen MR) is 83.5 cm³/mol. The molecule has 0 saturated heterocycles. The Morgan fingerprint density at radius 1 is 1.48 bits per heavy atom. The summed E-state index contributed by atoms with van der Waals surface area (Å²) in [6, 6.07) is 4.28. The van der Waals surface area contributed by atoms with Gasteiger partial charge in [0, 0.05) is 6.04 Å². The second-order valence-corrected chi connectivity index (χ2v) is 5.67. The summed E-state index contributed by atoms with van der Waals surface area (Å²) in [5.74, 6) is -0.498. The van der Waals surface area contributed by atoms with Crippen molar-refractivity contribution in [3.8, 4) is 0 Å². The number of nitrogens with two attached hydrogens (primary N) is 1. The van der Waals surface area contributed by atoms with Gasteiger partial charge in [-0.15, -0.1) is 0 Å². The Bertz CT molecular complexity index is 500. The molecule has 1 aliphatic rings. The molecule has 0 heterocycles. The molecule has 1 atom stereocenters. The molecule has 21 heavy (non-hydrogen) atoms. The van der Waals surface area contributed by atoms with Gasteiger partial charge in [0.1, 0.15) is 5.82 Å². The van der Waals surface area contributed by atoms with Gasteiger partial charge in [-0.2, -0.15) is 0 Å². The third kappa shape index (κ3) is 3.73. The number of nitrogen functional groups attached to an aromatic ring is 1. The van der Waals surface area contributed by atoms with E-state index in [1.54, 1.807) is 0 Å². The van der Waals surface area contributed by atoms with Crippen LogP contribution in [0.4, 0.5) is 15.8 Å². The quantitative estimate of drug-likeness (QED) is 0.821. The minimum atomic E-state index is -0.403. The van der Waals surface area contributed by atoms with Gasteiger partial charge in [-0.25, -0.2) is 4.39 Å². The fraction of sp³-hybridized carbons (Fsp3) is 0.562. The lowest BCUT2D eigenvalue weighted by Gasteiger charge is -2.32. The van der Waals surface area contributed by atoms with Crippen molar-refractivity contribution < 1.29 is 9.18 Å². The first kappa shape index (κ1) is 15.8. The number of hydrogen-bond acceptors (Lipinski definition) is 3. The van der Waals surface area contributed by atoms with E-state index >= 15 is 0 Å². The normalized spacial score (nSPS) is 17.1. The Hall–Kier alpha value is -1.62. The second kappa shape index (κ2) is 6.89. The van der Waals surface area contributed by atoms with Gasteiger partial charge in [-0.1, -0.05) is 19.8 Å². The summed E-state index contributed by atoms with van der Waals surface area (Å²) in [5, 5.41) is 2.80. The van der Waals surface area contributed by atoms with E-state index in [0.717, 1.165) is 19.4 Å². The minimum absolute atomic E-state index is 0.0953. The number of carbonyl (C=O) groups excluding carboxylic acids is 1. The van der Waals surface area contributed by atoms with Gasteiger partial charge >= 0.3 is 0 Å². The summed E-state index contributed by atoms with van der Waals surface area (Å²) in [5.41, 5.74) is 6.45. The van der Waals surface area contributed by atoms with E-state index in [2.05, 4.69) is 17.1 Å². The van der Waals surface area contributed by atoms with E-state index in [1.807, 2.05) is 6.92 Å². The zero-order chi connectivity index (χ0) is 15.4. The lowest BCUT2D eigenvalue weighted by atomic mass is 10.1. The lowest BCUT2D eigenvalue weighted by Crippen LogP contribution is -2.46. The summed E-state index contributed by atoms with van der Waals surface area (Å²) in [4.78, 5) is 14.6. The molecule has 1 aliphatic carbocycles. The number of nitrogens with zero attached hydrogens (tertiary/aromatic N) is 1. The van der Waals surface area contributed by atoms with Crippen molar-refractivity contribution in [1.29, 1.82) is 0 Å². The molecule has 0 aromatic heterocycles. The molecule has 1 fully saturated rings. The van der Waals surface area contributed by atoms with E-state index < -0.39 is 5.82 Å². The monoisotopic (exact) mass is 293 g/mol. The Morgan fingerprint density at radius 3 is 2.71 bits per heavy atom. The molecule has 2 rings (SSSR count). The van der Waals surface area contributed by atoms with Crippen molar-refractivity contribution in [3.63, 3.8) is 0 Å². The molecule has 3 N–H and O–H groups in total. The van der Waals surface area contributed by atoms with Crippen LogP contribution in [-0.2, 0) is 4.79 Å². The third-order valence-electron chi connectivity index (χ3n) is 4.31. The van der Waals surface area contributed by atoms with Gasteiger partial charge in [-0.3, -0.25) is 9.69 Å². The maximum atomic E-state index is 13.0. The molecule has 0 spiro atoms. The van der Waals surface area contributed by atoms with Gasteiger partial charge in [0.05, 0.1) is 17.4 Å². The van der Waals surface area contributed by atoms with Crippen LogP contribution in [0.1, 0.15) is 39.5 Å². The van der Waals surface area contributed by atoms with E-state index in [0.29, 0.717) is 11.7 Å². The number of rotatable bonds is 5. The number of carbonyl (C=O) groups is 1. The molecule has 5 heteroatoms. The van der Waals surface area contributed by atoms with Crippen LogP contribution in [0.25, 0.3) is 0 Å². The largest absolute Gasteiger partial charge is 0.397 e. The molecular weight excluding hydrogens is 269 g/mol. The van der Waals surface area contributed by atoms with Crippen molar-refractivity contribution >= 4 is 17.3 Å². The van der Waals surface area contributed by atoms with E-state index in [-0.39, 0.29) is 17.6 Å². The first-order valence-electron chi connectivity index (χ1n) is 7.64. The van der Waals surface area contributed by atoms with Gasteiger partial charge in [0.15, 0.2) is 0 Å². The molecule has 4 nitrogen and oxygen atoms in total. The van der Waals surface area contributed by atoms with Crippen molar-refractivity contribution in [2.45, 2.75) is 51.6 Å². The highest BCUT2D eigenvalue weighted by Gasteiger charge is 2.29. The molecule has 1 unspecified atom stereocenters. The van der Waals surface area contributed by atoms with Crippen molar-refractivity contribution in [2.24, 2.45) is 0 Å². The standard InChI is InChI=1S/C16H24FN3O/c1-3-20(13-6-4-5-7-13)11(2)16(21)19-15-9-8-12(17)10-14(15)18/h8-11,13H,3-7,18H2,1-2H3,(H,19,21). The fourth-order valence-corrected chi connectivity index (χ4v) is 3.12. The van der Waals surface area contributed by atoms with Gasteiger partial charge < -0.3 is 11.1 Å². The Kier molecular flexibility index (Phi) is 5.17. The zero-order valence-electron chi connectivity index (χ0n) is 12.7. The molecule has 1 aromatic rings. The van der Waals surface area contributed by atoms with Crippen molar-refractivity contribution in [1.82, 2.24) is 4.90 Å². The molecule has 0 bridgehead atoms. The van der Waals surface area contributed by atoms with Crippen LogP contribution in [0.2, 0.25) is 0 Å². The summed E-state index contributed by atoms with van der Waals surface area (Å²) in [6.45, 7) is 4.84. The highest BCUT2D eigenvalue weighted by Crippen LogP contribution is 2.26. The lowest BCUT2D eigenvalue weighted by molar-refractivity contribution is -0.121. The Labute approximate surface area is 125 Å². The number of likely N-dealkylation sites (N-methyl/N-ethyl adjacent to an activating group) is 1. The second-order valence-electron chi connectivity index (χ2n) is 5.67. The molecule has 0 aliphatic heterocycles. The van der Waals surface area contributed by atoms with E-state index in [1.165, 1.54) is 31.0 Å². The highest BCUT2D eigenvalue weighted by atomic mass is 19.1. The number of amides is 1. The summed E-state index contributed by atoms with van der Waals surface area (Å²) >= 11 is 0. The number of nitrogens with one attached hydrogen (secondary N) is 1. The smallest absolute Gasteiger partial charge is 0.241 e. The van der Waals surface area contributed by atoms with Crippen molar-refractivity contribution in [2.75, 3.05) is 17.6 Å². The highest BCUT2D eigenvalue weighted by molar-refractivity contribution is 5.97. The predicted octanol–water partition coefficient (Wildman–Crippen LogP) is 3.00. The van der Waals surface area contributed by atoms with Crippen LogP contribution in [0.5, 0.6) is 0 Å². The number of benzene rings is 1. The summed E-state index contributed by atoms with van der Waals surface area (Å²) in [6.07, 6.45) is 4.79. The maximum Gasteiger partial charge on any atom is 0.241 e. The van der Waals surface area contributed by atoms with Gasteiger partial charge in [0.25, 0.3) is 0 Å². The molecule has 116 valence electrons. The summed E-state index contributed by atoms with van der Waals surface area (Å²) in [7, 11) is 0. The first-order chi connectivity index (χ1) is 10.0. The van der Waals surface area contributed by atoms with Gasteiger partial charge in [0.2, 0.25) is 5.91 Å². The number of halogens is 1. The SMILES string of the molecule is CCN(C1CCCC1)C(C)C(=O)Nc1ccc(F)cc1N. The maximum absolute atomic E-state index is 13.0. The summed E-state index contributed by atoms with van der Waals surface area (Å²) < 4.78 is 13.0. The Morgan fingerprint density at radius 2 is 2.14 bits per heavy atom. The first-order valence-corrected chi connectivity index (χ1v) is 7.64. The van der Waals surface area contributed by atoms with Crippen LogP contribution in [0, 0.1) is 5.82 Å². The van der Waals surface area contributed by atoms with Gasteiger partial charge in [-0.05, 0) is 44.5 Å². The van der Waals surface area contributed by atoms with Crippen LogP contribution in [0.15, 0.2) is 18.2 Å². The number of anilines is 2. The Balaban J connectivity index is 2.03. The molecule has 0 radical (unpaired) electrons. The van der Waals surface area contributed by atoms with E-state index in [4.69, 9.17) is 5.73 Å². The van der Waals surface area contributed by atoms with E-state index in [9.17, 15) is 9.18 Å². The van der Waals surface area contributed by atoms with Crippen LogP contribution < -0.4 is 11.1 Å². The van der Waals surface area contributed by atoms with Crippen molar-refractivity contribution in [3.05, 3.63) is 24.0 Å². The molecule has 1 aromatic carbocycles. The van der Waals surface area contributed by atoms with Crippen LogP contribution in [-0.4, -0.2) is 29.4 Å². The zero-order valence-corrected chi connectivity index (χ0v) is 12.7. The molecule has 1 amide bonds. The third-order valence-corrected chi connectivity index (χ3v) is 4.31. The molecular formula is C16H24FN3O. The van der Waals surface area contributed by atoms with Crippen LogP contribution >= 0.6 is 0 Å². The fourth-order valence-electron chi connectivity index (χ4n) is 3.12. The average Bonchev–Trinajstić information content (AvgIpc) is 2.96. The minimum Gasteiger partial charge on any atom is -0.397 e. The molecule has 1 saturated carbocycles. The topological polar surface area (TPSA) is 58.4 Å². The van der Waals surface area contributed by atoms with Crippen LogP contribution in [0.3, 0.4) is 0 Å². The average molecular weight is 293 g/mol.